The summed E-state index contributed by atoms with van der Waals surface area (Å²) in [5, 5.41) is 19.9. The summed E-state index contributed by atoms with van der Waals surface area (Å²) in [5.41, 5.74) is 2.02. The van der Waals surface area contributed by atoms with Crippen LogP contribution in [0.5, 0.6) is 5.75 Å². The van der Waals surface area contributed by atoms with Crippen molar-refractivity contribution >= 4 is 23.9 Å². The predicted molar refractivity (Wildman–Crippen MR) is 74.8 cm³/mol. The maximum absolute atomic E-state index is 11.7. The van der Waals surface area contributed by atoms with Crippen LogP contribution < -0.4 is 16.9 Å². The molecule has 2 heterocycles. The van der Waals surface area contributed by atoms with Gasteiger partial charge in [-0.1, -0.05) is 0 Å². The Balaban J connectivity index is 2.34. The molecule has 5 N–H and O–H groups in total. The molecular weight excluding hydrogens is 284 g/mol. The third-order valence-electron chi connectivity index (χ3n) is 2.44. The van der Waals surface area contributed by atoms with E-state index >= 15 is 0 Å². The van der Waals surface area contributed by atoms with E-state index < -0.39 is 5.63 Å². The molecule has 2 rings (SSSR count). The fourth-order valence-corrected chi connectivity index (χ4v) is 1.63. The summed E-state index contributed by atoms with van der Waals surface area (Å²) in [6.45, 7) is 3.08. The van der Waals surface area contributed by atoms with Gasteiger partial charge in [0.15, 0.2) is 0 Å². The van der Waals surface area contributed by atoms with Gasteiger partial charge in [-0.25, -0.2) is 15.3 Å². The second kappa shape index (κ2) is 5.17. The molecule has 0 fully saturated rings. The molecule has 0 amide bonds. The Labute approximate surface area is 117 Å². The number of aromatic amines is 1. The van der Waals surface area contributed by atoms with Gasteiger partial charge in [0, 0.05) is 6.07 Å². The Bertz CT molecular complexity index is 787. The molecule has 0 aliphatic heterocycles. The lowest BCUT2D eigenvalue weighted by Crippen LogP contribution is -2.16. The van der Waals surface area contributed by atoms with Crippen molar-refractivity contribution in [2.45, 2.75) is 13.8 Å². The van der Waals surface area contributed by atoms with Gasteiger partial charge >= 0.3 is 5.63 Å². The average molecular weight is 296 g/mol. The number of anilines is 1. The number of hydrogen-bond donors (Lipinski definition) is 4. The van der Waals surface area contributed by atoms with Crippen LogP contribution in [-0.4, -0.2) is 25.7 Å². The zero-order valence-corrected chi connectivity index (χ0v) is 11.5. The smallest absolute Gasteiger partial charge is 0.348 e. The number of aromatic nitrogens is 3. The van der Waals surface area contributed by atoms with Gasteiger partial charge in [-0.15, -0.1) is 5.10 Å². The summed E-state index contributed by atoms with van der Waals surface area (Å²) in [5.74, 6) is 5.81. The van der Waals surface area contributed by atoms with Gasteiger partial charge in [0.05, 0.1) is 5.71 Å². The van der Waals surface area contributed by atoms with E-state index in [9.17, 15) is 9.90 Å². The number of nitrogens with zero attached hydrogens (tertiary/aromatic N) is 3. The van der Waals surface area contributed by atoms with Crippen LogP contribution in [-0.2, 0) is 0 Å². The quantitative estimate of drug-likeness (QED) is 0.279. The Kier molecular flexibility index (Phi) is 3.57. The topological polar surface area (TPSA) is 134 Å². The van der Waals surface area contributed by atoms with Crippen LogP contribution in [0.2, 0.25) is 0 Å². The van der Waals surface area contributed by atoms with Crippen LogP contribution in [0.25, 0.3) is 0 Å². The number of nitrogen functional groups attached to an aromatic ring is 1. The highest BCUT2D eigenvalue weighted by molar-refractivity contribution is 7.71. The molecular formula is C10H12N6O3S. The average Bonchev–Trinajstić information content (AvgIpc) is 2.66. The maximum atomic E-state index is 11.7. The number of nitrogens with one attached hydrogen (secondary N) is 2. The van der Waals surface area contributed by atoms with E-state index in [1.807, 2.05) is 0 Å². The Morgan fingerprint density at radius 1 is 1.70 bits per heavy atom. The summed E-state index contributed by atoms with van der Waals surface area (Å²) in [6, 6.07) is 1.33. The summed E-state index contributed by atoms with van der Waals surface area (Å²) in [7, 11) is 0. The number of hydrazone groups is 1. The molecule has 0 radical (unpaired) electrons. The van der Waals surface area contributed by atoms with Gasteiger partial charge in [-0.05, 0) is 26.1 Å². The number of nitrogens with two attached hydrogens (primary N) is 1. The summed E-state index contributed by atoms with van der Waals surface area (Å²) in [4.78, 5) is 11.7. The van der Waals surface area contributed by atoms with Crippen molar-refractivity contribution in [1.29, 1.82) is 0 Å². The first-order valence-electron chi connectivity index (χ1n) is 5.47. The van der Waals surface area contributed by atoms with E-state index in [2.05, 4.69) is 20.7 Å². The van der Waals surface area contributed by atoms with E-state index in [0.717, 1.165) is 4.68 Å². The molecule has 2 aromatic heterocycles. The zero-order valence-electron chi connectivity index (χ0n) is 10.7. The van der Waals surface area contributed by atoms with Crippen LogP contribution in [0.1, 0.15) is 18.2 Å². The highest BCUT2D eigenvalue weighted by Crippen LogP contribution is 2.15. The van der Waals surface area contributed by atoms with Crippen molar-refractivity contribution in [3.8, 4) is 5.75 Å². The van der Waals surface area contributed by atoms with Gasteiger partial charge in [0.25, 0.3) is 5.95 Å². The fraction of sp³-hybridized carbons (Fsp3) is 0.200. The lowest BCUT2D eigenvalue weighted by molar-refractivity contribution is 0.432. The van der Waals surface area contributed by atoms with Crippen molar-refractivity contribution < 1.29 is 9.52 Å². The molecule has 9 nitrogen and oxygen atoms in total. The van der Waals surface area contributed by atoms with Crippen molar-refractivity contribution in [2.75, 3.05) is 11.3 Å². The summed E-state index contributed by atoms with van der Waals surface area (Å²) >= 11 is 4.83. The first-order chi connectivity index (χ1) is 9.40. The summed E-state index contributed by atoms with van der Waals surface area (Å²) < 4.78 is 6.18. The van der Waals surface area contributed by atoms with E-state index in [1.54, 1.807) is 6.92 Å². The normalized spacial score (nSPS) is 11.6. The minimum absolute atomic E-state index is 0.0409. The van der Waals surface area contributed by atoms with Crippen LogP contribution in [0.4, 0.5) is 5.95 Å². The first-order valence-corrected chi connectivity index (χ1v) is 5.88. The lowest BCUT2D eigenvalue weighted by Gasteiger charge is -2.04. The Hall–Kier alpha value is -2.62. The summed E-state index contributed by atoms with van der Waals surface area (Å²) in [6.07, 6.45) is 0. The molecule has 0 saturated carbocycles. The van der Waals surface area contributed by atoms with Gasteiger partial charge in [0.1, 0.15) is 17.1 Å². The molecule has 0 aliphatic carbocycles. The van der Waals surface area contributed by atoms with Crippen molar-refractivity contribution in [1.82, 2.24) is 14.9 Å². The molecule has 0 aliphatic rings. The first kappa shape index (κ1) is 13.8. The van der Waals surface area contributed by atoms with Crippen molar-refractivity contribution in [3.05, 3.63) is 32.6 Å². The number of H-pyrrole nitrogens is 1. The van der Waals surface area contributed by atoms with Gasteiger partial charge in [-0.2, -0.15) is 9.78 Å². The SMILES string of the molecule is C/C(=N/Nc1n[nH]c(=S)n1N)c1c(O)cc(C)oc1=O. The number of aromatic hydroxyl groups is 1. The number of hydrogen-bond acceptors (Lipinski definition) is 8. The van der Waals surface area contributed by atoms with Crippen molar-refractivity contribution in [3.63, 3.8) is 0 Å². The number of aryl methyl sites for hydroxylation is 1. The minimum Gasteiger partial charge on any atom is -0.507 e. The van der Waals surface area contributed by atoms with E-state index in [1.165, 1.54) is 13.0 Å². The Morgan fingerprint density at radius 3 is 2.95 bits per heavy atom. The molecule has 10 heteroatoms. The monoisotopic (exact) mass is 296 g/mol. The standard InChI is InChI=1S/C10H12N6O3S/c1-4-3-6(17)7(8(18)19-4)5(2)12-13-9-14-15-10(20)16(9)11/h3,17H,11H2,1-2H3,(H,13,14)(H,15,20)/b12-5-. The van der Waals surface area contributed by atoms with E-state index in [4.69, 9.17) is 22.5 Å². The molecule has 0 unspecified atom stereocenters. The lowest BCUT2D eigenvalue weighted by atomic mass is 10.2. The fourth-order valence-electron chi connectivity index (χ4n) is 1.50. The van der Waals surface area contributed by atoms with Crippen molar-refractivity contribution in [2.24, 2.45) is 5.10 Å². The molecule has 0 aromatic carbocycles. The van der Waals surface area contributed by atoms with Crippen LogP contribution in [0.3, 0.4) is 0 Å². The molecule has 0 atom stereocenters. The molecule has 20 heavy (non-hydrogen) atoms. The number of rotatable bonds is 3. The molecule has 0 spiro atoms. The van der Waals surface area contributed by atoms with E-state index in [0.29, 0.717) is 5.76 Å². The van der Waals surface area contributed by atoms with Gasteiger partial charge < -0.3 is 15.4 Å². The molecule has 106 valence electrons. The second-order valence-corrected chi connectivity index (χ2v) is 4.32. The van der Waals surface area contributed by atoms with E-state index in [-0.39, 0.29) is 27.7 Å². The minimum atomic E-state index is -0.683. The zero-order chi connectivity index (χ0) is 14.9. The van der Waals surface area contributed by atoms with Crippen LogP contribution in [0, 0.1) is 11.7 Å². The maximum Gasteiger partial charge on any atom is 0.348 e. The molecule has 0 saturated heterocycles. The Morgan fingerprint density at radius 2 is 2.40 bits per heavy atom. The van der Waals surface area contributed by atoms with Crippen LogP contribution in [0.15, 0.2) is 20.4 Å². The second-order valence-electron chi connectivity index (χ2n) is 3.94. The van der Waals surface area contributed by atoms with Gasteiger partial charge in [-0.3, -0.25) is 0 Å². The largest absolute Gasteiger partial charge is 0.507 e. The molecule has 0 bridgehead atoms. The third kappa shape index (κ3) is 2.54. The molecule has 2 aromatic rings. The highest BCUT2D eigenvalue weighted by atomic mass is 32.1. The highest BCUT2D eigenvalue weighted by Gasteiger charge is 2.13. The predicted octanol–water partition coefficient (Wildman–Crippen LogP) is 0.458. The van der Waals surface area contributed by atoms with Crippen LogP contribution >= 0.6 is 12.2 Å². The third-order valence-corrected chi connectivity index (χ3v) is 2.73. The van der Waals surface area contributed by atoms with Gasteiger partial charge in [0.2, 0.25) is 4.77 Å².